The minimum atomic E-state index is -4.03. The number of aryl methyl sites for hydroxylation is 1. The first kappa shape index (κ1) is 19.3. The third kappa shape index (κ3) is 6.11. The van der Waals surface area contributed by atoms with Gasteiger partial charge in [0.05, 0.1) is 0 Å². The monoisotopic (exact) mass is 345 g/mol. The molecule has 3 atom stereocenters. The van der Waals surface area contributed by atoms with E-state index in [0.29, 0.717) is 6.42 Å². The summed E-state index contributed by atoms with van der Waals surface area (Å²) in [7, 11) is -4.03. The number of aliphatic carboxylic acids is 2. The van der Waals surface area contributed by atoms with Crippen molar-refractivity contribution in [1.29, 1.82) is 0 Å². The van der Waals surface area contributed by atoms with Crippen molar-refractivity contribution in [3.63, 3.8) is 0 Å². The molecule has 23 heavy (non-hydrogen) atoms. The summed E-state index contributed by atoms with van der Waals surface area (Å²) in [6.45, 7) is 0. The second-order valence-electron chi connectivity index (χ2n) is 5.22. The summed E-state index contributed by atoms with van der Waals surface area (Å²) in [5, 5.41) is 27.3. The van der Waals surface area contributed by atoms with Crippen LogP contribution < -0.4 is 5.73 Å². The predicted molar refractivity (Wildman–Crippen MR) is 82.3 cm³/mol. The highest BCUT2D eigenvalue weighted by molar-refractivity contribution is 7.58. The van der Waals surface area contributed by atoms with Gasteiger partial charge in [-0.05, 0) is 24.0 Å². The van der Waals surface area contributed by atoms with E-state index < -0.39 is 37.4 Å². The maximum atomic E-state index is 12.1. The van der Waals surface area contributed by atoms with Gasteiger partial charge in [0, 0.05) is 12.6 Å². The fraction of sp³-hybridized carbons (Fsp3) is 0.429. The van der Waals surface area contributed by atoms with Gasteiger partial charge in [0.1, 0.15) is 6.04 Å². The lowest BCUT2D eigenvalue weighted by Gasteiger charge is -2.19. The third-order valence-electron chi connectivity index (χ3n) is 3.37. The van der Waals surface area contributed by atoms with Crippen molar-refractivity contribution in [1.82, 2.24) is 0 Å². The van der Waals surface area contributed by atoms with Gasteiger partial charge in [-0.25, -0.2) is 0 Å². The highest BCUT2D eigenvalue weighted by atomic mass is 31.2. The van der Waals surface area contributed by atoms with E-state index in [9.17, 15) is 24.2 Å². The van der Waals surface area contributed by atoms with E-state index in [1.54, 1.807) is 12.1 Å². The normalized spacial score (nSPS) is 16.3. The standard InChI is InChI=1S/C14H20NO7P/c15-11(13(18)19)7-8-23(21,22)14(20)10-4-1-9(2-5-10)3-6-12(16)17/h1-2,4-5,11,14,20H,3,6-8,15H2,(H,16,17)(H,18,19)(H,21,22)/t11-,14?/m1/s1. The van der Waals surface area contributed by atoms with Crippen LogP contribution in [0, 0.1) is 0 Å². The van der Waals surface area contributed by atoms with Gasteiger partial charge < -0.3 is 25.9 Å². The highest BCUT2D eigenvalue weighted by Gasteiger charge is 2.31. The van der Waals surface area contributed by atoms with Crippen LogP contribution in [0.25, 0.3) is 0 Å². The molecule has 0 aliphatic heterocycles. The molecule has 0 amide bonds. The number of hydrogen-bond donors (Lipinski definition) is 5. The van der Waals surface area contributed by atoms with Gasteiger partial charge in [-0.1, -0.05) is 24.3 Å². The molecule has 0 heterocycles. The Morgan fingerprint density at radius 1 is 1.17 bits per heavy atom. The molecular formula is C14H20NO7P. The highest BCUT2D eigenvalue weighted by Crippen LogP contribution is 2.54. The van der Waals surface area contributed by atoms with Crippen LogP contribution >= 0.6 is 7.37 Å². The molecule has 8 nitrogen and oxygen atoms in total. The SMILES string of the molecule is N[C@H](CCP(=O)(O)C(O)c1ccc(CCC(=O)O)cc1)C(=O)O. The fourth-order valence-electron chi connectivity index (χ4n) is 1.91. The molecule has 0 spiro atoms. The van der Waals surface area contributed by atoms with Crippen LogP contribution in [0.5, 0.6) is 0 Å². The lowest BCUT2D eigenvalue weighted by Crippen LogP contribution is -2.31. The van der Waals surface area contributed by atoms with Gasteiger partial charge >= 0.3 is 11.9 Å². The van der Waals surface area contributed by atoms with E-state index in [2.05, 4.69) is 0 Å². The Hall–Kier alpha value is -1.73. The first-order chi connectivity index (χ1) is 10.6. The molecular weight excluding hydrogens is 325 g/mol. The molecule has 0 aliphatic carbocycles. The first-order valence-corrected chi connectivity index (χ1v) is 8.83. The maximum Gasteiger partial charge on any atom is 0.320 e. The molecule has 0 fully saturated rings. The van der Waals surface area contributed by atoms with E-state index in [1.807, 2.05) is 0 Å². The molecule has 6 N–H and O–H groups in total. The molecule has 9 heteroatoms. The predicted octanol–water partition coefficient (Wildman–Crippen LogP) is 0.767. The Morgan fingerprint density at radius 2 is 1.74 bits per heavy atom. The van der Waals surface area contributed by atoms with Crippen LogP contribution in [-0.4, -0.2) is 44.4 Å². The molecule has 0 aromatic heterocycles. The quantitative estimate of drug-likeness (QED) is 0.410. The molecule has 0 bridgehead atoms. The Balaban J connectivity index is 2.71. The van der Waals surface area contributed by atoms with Gasteiger partial charge in [-0.15, -0.1) is 0 Å². The van der Waals surface area contributed by atoms with Gasteiger partial charge in [0.15, 0.2) is 5.85 Å². The summed E-state index contributed by atoms with van der Waals surface area (Å²) in [4.78, 5) is 31.0. The number of aliphatic hydroxyl groups excluding tert-OH is 1. The van der Waals surface area contributed by atoms with Gasteiger partial charge in [-0.2, -0.15) is 0 Å². The summed E-state index contributed by atoms with van der Waals surface area (Å²) in [6.07, 6.45) is -0.358. The van der Waals surface area contributed by atoms with E-state index in [0.717, 1.165) is 5.56 Å². The lowest BCUT2D eigenvalue weighted by atomic mass is 10.1. The van der Waals surface area contributed by atoms with Crippen LogP contribution in [-0.2, 0) is 20.6 Å². The van der Waals surface area contributed by atoms with E-state index in [4.69, 9.17) is 15.9 Å². The summed E-state index contributed by atoms with van der Waals surface area (Å²) >= 11 is 0. The van der Waals surface area contributed by atoms with Gasteiger partial charge in [0.25, 0.3) is 0 Å². The number of rotatable bonds is 9. The number of carboxylic acids is 2. The summed E-state index contributed by atoms with van der Waals surface area (Å²) in [6, 6.07) is 4.78. The van der Waals surface area contributed by atoms with Crippen molar-refractivity contribution in [2.24, 2.45) is 5.73 Å². The van der Waals surface area contributed by atoms with Crippen LogP contribution in [0.3, 0.4) is 0 Å². The third-order valence-corrected chi connectivity index (χ3v) is 5.33. The second-order valence-corrected chi connectivity index (χ2v) is 7.67. The molecule has 0 aliphatic rings. The average Bonchev–Trinajstić information content (AvgIpc) is 2.50. The van der Waals surface area contributed by atoms with Crippen molar-refractivity contribution in [2.75, 3.05) is 6.16 Å². The molecule has 2 unspecified atom stereocenters. The van der Waals surface area contributed by atoms with Crippen molar-refractivity contribution in [3.8, 4) is 0 Å². The summed E-state index contributed by atoms with van der Waals surface area (Å²) in [5.74, 6) is -3.84. The first-order valence-electron chi connectivity index (χ1n) is 6.92. The molecule has 1 rings (SSSR count). The Labute approximate surface area is 133 Å². The van der Waals surface area contributed by atoms with Crippen molar-refractivity contribution >= 4 is 19.3 Å². The van der Waals surface area contributed by atoms with E-state index >= 15 is 0 Å². The lowest BCUT2D eigenvalue weighted by molar-refractivity contribution is -0.139. The second kappa shape index (κ2) is 8.21. The molecule has 0 radical (unpaired) electrons. The van der Waals surface area contributed by atoms with Crippen molar-refractivity contribution in [3.05, 3.63) is 35.4 Å². The molecule has 1 aromatic carbocycles. The zero-order chi connectivity index (χ0) is 17.6. The van der Waals surface area contributed by atoms with Crippen molar-refractivity contribution in [2.45, 2.75) is 31.1 Å². The van der Waals surface area contributed by atoms with Gasteiger partial charge in [0.2, 0.25) is 7.37 Å². The van der Waals surface area contributed by atoms with Crippen molar-refractivity contribution < 1.29 is 34.4 Å². The van der Waals surface area contributed by atoms with E-state index in [-0.39, 0.29) is 18.4 Å². The largest absolute Gasteiger partial charge is 0.481 e. The number of nitrogens with two attached hydrogens (primary N) is 1. The minimum Gasteiger partial charge on any atom is -0.481 e. The molecule has 1 aromatic rings. The topological polar surface area (TPSA) is 158 Å². The Kier molecular flexibility index (Phi) is 6.90. The van der Waals surface area contributed by atoms with Crippen LogP contribution in [0.4, 0.5) is 0 Å². The number of aliphatic hydroxyl groups is 1. The zero-order valence-electron chi connectivity index (χ0n) is 12.3. The maximum absolute atomic E-state index is 12.1. The average molecular weight is 345 g/mol. The molecule has 128 valence electrons. The van der Waals surface area contributed by atoms with Crippen LogP contribution in [0.15, 0.2) is 24.3 Å². The van der Waals surface area contributed by atoms with Crippen LogP contribution in [0.2, 0.25) is 0 Å². The Bertz CT molecular complexity index is 602. The molecule has 0 saturated carbocycles. The summed E-state index contributed by atoms with van der Waals surface area (Å²) in [5.41, 5.74) is 6.21. The fourth-order valence-corrected chi connectivity index (χ4v) is 3.44. The summed E-state index contributed by atoms with van der Waals surface area (Å²) < 4.78 is 12.1. The van der Waals surface area contributed by atoms with Gasteiger partial charge in [-0.3, -0.25) is 14.2 Å². The van der Waals surface area contributed by atoms with Crippen LogP contribution in [0.1, 0.15) is 29.8 Å². The smallest absolute Gasteiger partial charge is 0.320 e. The Morgan fingerprint density at radius 3 is 2.22 bits per heavy atom. The molecule has 0 saturated heterocycles. The zero-order valence-corrected chi connectivity index (χ0v) is 13.2. The number of benzene rings is 1. The number of carboxylic acid groups (broad SMARTS) is 2. The number of carbonyl (C=O) groups is 2. The van der Waals surface area contributed by atoms with E-state index in [1.165, 1.54) is 12.1 Å². The minimum absolute atomic E-state index is 0.0343. The number of hydrogen-bond acceptors (Lipinski definition) is 5.